The lowest BCUT2D eigenvalue weighted by Gasteiger charge is -2.39. The number of phenols is 1. The number of carbonyl (C=O) groups excluding carboxylic acids is 1. The quantitative estimate of drug-likeness (QED) is 0.785. The predicted octanol–water partition coefficient (Wildman–Crippen LogP) is 4.13. The van der Waals surface area contributed by atoms with Crippen LogP contribution in [0.1, 0.15) is 53.2 Å². The van der Waals surface area contributed by atoms with Gasteiger partial charge in [-0.15, -0.1) is 0 Å². The molecule has 0 amide bonds. The van der Waals surface area contributed by atoms with Crippen molar-refractivity contribution in [1.29, 1.82) is 0 Å². The van der Waals surface area contributed by atoms with Crippen LogP contribution in [0.3, 0.4) is 0 Å². The Hall–Kier alpha value is -2.34. The Bertz CT molecular complexity index is 1070. The molecule has 1 atom stereocenters. The first-order valence-corrected chi connectivity index (χ1v) is 11.1. The van der Waals surface area contributed by atoms with Gasteiger partial charge in [0.05, 0.1) is 16.1 Å². The van der Waals surface area contributed by atoms with Crippen LogP contribution < -0.4 is 4.31 Å². The largest absolute Gasteiger partial charge is 0.507 e. The average molecular weight is 400 g/mol. The fourth-order valence-corrected chi connectivity index (χ4v) is 6.29. The third-order valence-electron chi connectivity index (χ3n) is 5.83. The van der Waals surface area contributed by atoms with E-state index in [4.69, 9.17) is 0 Å². The van der Waals surface area contributed by atoms with E-state index in [-0.39, 0.29) is 28.0 Å². The number of rotatable bonds is 4. The lowest BCUT2D eigenvalue weighted by atomic mass is 9.92. The van der Waals surface area contributed by atoms with Crippen molar-refractivity contribution in [2.45, 2.75) is 57.4 Å². The number of aromatic hydroxyl groups is 1. The van der Waals surface area contributed by atoms with Crippen molar-refractivity contribution in [2.24, 2.45) is 5.92 Å². The van der Waals surface area contributed by atoms with E-state index in [2.05, 4.69) is 6.07 Å². The SMILES string of the molecule is CC(=O)c1cc(S(=O)(=O)N2c3c(C)cc(C)cc3CCC2C2CC2)ccc1O. The van der Waals surface area contributed by atoms with E-state index in [1.165, 1.54) is 25.1 Å². The Morgan fingerprint density at radius 3 is 2.46 bits per heavy atom. The van der Waals surface area contributed by atoms with Crippen molar-refractivity contribution < 1.29 is 18.3 Å². The molecule has 148 valence electrons. The highest BCUT2D eigenvalue weighted by molar-refractivity contribution is 7.92. The van der Waals surface area contributed by atoms with Gasteiger partial charge >= 0.3 is 0 Å². The molecule has 1 N–H and O–H groups in total. The van der Waals surface area contributed by atoms with Crippen LogP contribution >= 0.6 is 0 Å². The van der Waals surface area contributed by atoms with E-state index in [0.29, 0.717) is 5.92 Å². The van der Waals surface area contributed by atoms with Crippen LogP contribution in [0.15, 0.2) is 35.2 Å². The summed E-state index contributed by atoms with van der Waals surface area (Å²) in [6.07, 6.45) is 3.77. The van der Waals surface area contributed by atoms with Gasteiger partial charge in [-0.25, -0.2) is 8.42 Å². The molecule has 0 aromatic heterocycles. The van der Waals surface area contributed by atoms with Gasteiger partial charge in [0, 0.05) is 6.04 Å². The van der Waals surface area contributed by atoms with E-state index in [0.717, 1.165) is 48.1 Å². The molecule has 0 spiro atoms. The zero-order valence-corrected chi connectivity index (χ0v) is 17.2. The Balaban J connectivity index is 1.90. The number of nitrogens with zero attached hydrogens (tertiary/aromatic N) is 1. The summed E-state index contributed by atoms with van der Waals surface area (Å²) in [5, 5.41) is 9.93. The van der Waals surface area contributed by atoms with Gasteiger partial charge in [0.15, 0.2) is 5.78 Å². The third-order valence-corrected chi connectivity index (χ3v) is 7.65. The summed E-state index contributed by atoms with van der Waals surface area (Å²) in [6, 6.07) is 8.02. The van der Waals surface area contributed by atoms with Gasteiger partial charge in [-0.05, 0) is 81.7 Å². The minimum Gasteiger partial charge on any atom is -0.507 e. The smallest absolute Gasteiger partial charge is 0.264 e. The Kier molecular flexibility index (Phi) is 4.49. The lowest BCUT2D eigenvalue weighted by Crippen LogP contribution is -2.45. The molecule has 1 fully saturated rings. The topological polar surface area (TPSA) is 74.7 Å². The van der Waals surface area contributed by atoms with Crippen LogP contribution in [0, 0.1) is 19.8 Å². The first kappa shape index (κ1) is 19.0. The summed E-state index contributed by atoms with van der Waals surface area (Å²) in [6.45, 7) is 5.31. The number of Topliss-reactive ketones (excluding diaryl/α,β-unsaturated/α-hetero) is 1. The van der Waals surface area contributed by atoms with E-state index in [1.807, 2.05) is 19.9 Å². The minimum atomic E-state index is -3.87. The number of hydrogen-bond donors (Lipinski definition) is 1. The molecule has 2 aromatic carbocycles. The van der Waals surface area contributed by atoms with Crippen LogP contribution in [0.25, 0.3) is 0 Å². The second-order valence-corrected chi connectivity index (χ2v) is 9.88. The highest BCUT2D eigenvalue weighted by Crippen LogP contribution is 2.46. The summed E-state index contributed by atoms with van der Waals surface area (Å²) in [5.41, 5.74) is 3.95. The van der Waals surface area contributed by atoms with Crippen LogP contribution in [-0.2, 0) is 16.4 Å². The summed E-state index contributed by atoms with van der Waals surface area (Å²) in [7, 11) is -3.87. The predicted molar refractivity (Wildman–Crippen MR) is 109 cm³/mol. The van der Waals surface area contributed by atoms with E-state index in [1.54, 1.807) is 4.31 Å². The highest BCUT2D eigenvalue weighted by Gasteiger charge is 2.44. The fourth-order valence-electron chi connectivity index (χ4n) is 4.42. The molecule has 4 rings (SSSR count). The molecular formula is C22H25NO4S. The zero-order valence-electron chi connectivity index (χ0n) is 16.4. The van der Waals surface area contributed by atoms with Crippen molar-refractivity contribution in [3.63, 3.8) is 0 Å². The Labute approximate surface area is 166 Å². The maximum atomic E-state index is 13.7. The van der Waals surface area contributed by atoms with Crippen LogP contribution in [0.5, 0.6) is 5.75 Å². The molecule has 0 radical (unpaired) electrons. The molecule has 2 aromatic rings. The van der Waals surface area contributed by atoms with Gasteiger partial charge in [-0.3, -0.25) is 9.10 Å². The minimum absolute atomic E-state index is 0.0295. The molecule has 0 saturated heterocycles. The molecule has 6 heteroatoms. The molecule has 5 nitrogen and oxygen atoms in total. The molecule has 1 saturated carbocycles. The molecule has 1 aliphatic carbocycles. The molecule has 2 aliphatic rings. The van der Waals surface area contributed by atoms with Gasteiger partial charge in [-0.2, -0.15) is 0 Å². The van der Waals surface area contributed by atoms with E-state index < -0.39 is 10.0 Å². The van der Waals surface area contributed by atoms with Crippen molar-refractivity contribution in [1.82, 2.24) is 0 Å². The fraction of sp³-hybridized carbons (Fsp3) is 0.409. The molecular weight excluding hydrogens is 374 g/mol. The zero-order chi connectivity index (χ0) is 20.2. The number of ketones is 1. The summed E-state index contributed by atoms with van der Waals surface area (Å²) in [4.78, 5) is 11.9. The summed E-state index contributed by atoms with van der Waals surface area (Å²) >= 11 is 0. The molecule has 1 aliphatic heterocycles. The van der Waals surface area contributed by atoms with Crippen LogP contribution in [-0.4, -0.2) is 25.3 Å². The number of anilines is 1. The number of hydrogen-bond acceptors (Lipinski definition) is 4. The van der Waals surface area contributed by atoms with Crippen LogP contribution in [0.4, 0.5) is 5.69 Å². The number of carbonyl (C=O) groups is 1. The van der Waals surface area contributed by atoms with Gasteiger partial charge < -0.3 is 5.11 Å². The Morgan fingerprint density at radius 2 is 1.82 bits per heavy atom. The summed E-state index contributed by atoms with van der Waals surface area (Å²) in [5.74, 6) is -0.178. The highest BCUT2D eigenvalue weighted by atomic mass is 32.2. The van der Waals surface area contributed by atoms with Crippen molar-refractivity contribution in [3.05, 3.63) is 52.6 Å². The maximum absolute atomic E-state index is 13.7. The molecule has 1 unspecified atom stereocenters. The van der Waals surface area contributed by atoms with Crippen molar-refractivity contribution in [2.75, 3.05) is 4.31 Å². The molecule has 1 heterocycles. The van der Waals surface area contributed by atoms with Gasteiger partial charge in [-0.1, -0.05) is 17.7 Å². The average Bonchev–Trinajstić information content (AvgIpc) is 3.45. The molecule has 28 heavy (non-hydrogen) atoms. The number of fused-ring (bicyclic) bond motifs is 1. The van der Waals surface area contributed by atoms with E-state index >= 15 is 0 Å². The number of benzene rings is 2. The third kappa shape index (κ3) is 3.09. The number of aryl methyl sites for hydroxylation is 3. The van der Waals surface area contributed by atoms with Crippen molar-refractivity contribution in [3.8, 4) is 5.75 Å². The van der Waals surface area contributed by atoms with Gasteiger partial charge in [0.25, 0.3) is 10.0 Å². The van der Waals surface area contributed by atoms with Gasteiger partial charge in [0.2, 0.25) is 0 Å². The first-order chi connectivity index (χ1) is 13.2. The number of sulfonamides is 1. The van der Waals surface area contributed by atoms with Gasteiger partial charge in [0.1, 0.15) is 5.75 Å². The number of phenolic OH excluding ortho intramolecular Hbond substituents is 1. The maximum Gasteiger partial charge on any atom is 0.264 e. The Morgan fingerprint density at radius 1 is 1.11 bits per heavy atom. The lowest BCUT2D eigenvalue weighted by molar-refractivity contribution is 0.101. The second-order valence-electron chi connectivity index (χ2n) is 8.07. The van der Waals surface area contributed by atoms with Crippen LogP contribution in [0.2, 0.25) is 0 Å². The van der Waals surface area contributed by atoms with Crippen molar-refractivity contribution >= 4 is 21.5 Å². The second kappa shape index (κ2) is 6.62. The molecule has 0 bridgehead atoms. The standard InChI is InChI=1S/C22H25NO4S/c1-13-10-14(2)22-17(11-13)6-8-20(16-4-5-16)23(22)28(26,27)18-7-9-21(25)19(12-18)15(3)24/h7,9-12,16,20,25H,4-6,8H2,1-3H3. The summed E-state index contributed by atoms with van der Waals surface area (Å²) < 4.78 is 29.1. The normalized spacial score (nSPS) is 19.4. The van der Waals surface area contributed by atoms with E-state index in [9.17, 15) is 18.3 Å². The monoisotopic (exact) mass is 399 g/mol. The first-order valence-electron chi connectivity index (χ1n) is 9.68.